The van der Waals surface area contributed by atoms with Crippen LogP contribution in [0.15, 0.2) is 79.0 Å². The quantitative estimate of drug-likeness (QED) is 0.278. The molecule has 0 spiro atoms. The van der Waals surface area contributed by atoms with Gasteiger partial charge in [-0.05, 0) is 47.4 Å². The zero-order valence-corrected chi connectivity index (χ0v) is 18.9. The lowest BCUT2D eigenvalue weighted by Gasteiger charge is -2.04. The normalized spacial score (nSPS) is 11.3. The number of halogens is 2. The summed E-state index contributed by atoms with van der Waals surface area (Å²) in [7, 11) is 0. The Morgan fingerprint density at radius 3 is 2.32 bits per heavy atom. The Balaban J connectivity index is 1.60. The molecule has 156 valence electrons. The minimum Gasteiger partial charge on any atom is -0.331 e. The van der Waals surface area contributed by atoms with Crippen molar-refractivity contribution in [1.82, 2.24) is 9.55 Å². The van der Waals surface area contributed by atoms with Crippen molar-refractivity contribution in [1.29, 1.82) is 0 Å². The maximum Gasteiger partial charge on any atom is 0.133 e. The van der Waals surface area contributed by atoms with E-state index in [2.05, 4.69) is 78.4 Å². The molecule has 0 unspecified atom stereocenters. The molecule has 0 bridgehead atoms. The molecule has 0 aliphatic rings. The third kappa shape index (κ3) is 5.28. The minimum atomic E-state index is 0.611. The Hall–Kier alpha value is -2.81. The summed E-state index contributed by atoms with van der Waals surface area (Å²) in [5, 5.41) is 1.23. The van der Waals surface area contributed by atoms with E-state index in [-0.39, 0.29) is 0 Å². The van der Waals surface area contributed by atoms with Crippen LogP contribution in [0.3, 0.4) is 0 Å². The third-order valence-electron chi connectivity index (χ3n) is 5.21. The van der Waals surface area contributed by atoms with Crippen molar-refractivity contribution in [2.45, 2.75) is 26.3 Å². The van der Waals surface area contributed by atoms with Gasteiger partial charge in [0.1, 0.15) is 5.82 Å². The zero-order chi connectivity index (χ0) is 21.6. The average molecular weight is 447 g/mol. The topological polar surface area (TPSA) is 17.8 Å². The van der Waals surface area contributed by atoms with Gasteiger partial charge < -0.3 is 4.57 Å². The molecule has 0 fully saturated rings. The molecular formula is C27H24Cl2N2. The summed E-state index contributed by atoms with van der Waals surface area (Å²) in [6.45, 7) is 3.11. The van der Waals surface area contributed by atoms with Crippen LogP contribution in [0.25, 0.3) is 34.5 Å². The molecule has 0 saturated heterocycles. The van der Waals surface area contributed by atoms with Gasteiger partial charge in [-0.3, -0.25) is 0 Å². The molecule has 4 aromatic rings. The number of aryl methyl sites for hydroxylation is 1. The molecule has 3 aromatic carbocycles. The van der Waals surface area contributed by atoms with Gasteiger partial charge in [-0.1, -0.05) is 97.2 Å². The zero-order valence-electron chi connectivity index (χ0n) is 17.4. The first-order valence-corrected chi connectivity index (χ1v) is 11.3. The molecule has 0 amide bonds. The lowest BCUT2D eigenvalue weighted by molar-refractivity contribution is 0.627. The molecule has 0 aliphatic heterocycles. The Morgan fingerprint density at radius 2 is 1.61 bits per heavy atom. The standard InChI is InChI=1S/C27H24Cl2N2/c1-2-3-17-31-19-26(24-15-14-23(28)18-25(24)29)30-27(31)16-11-20-9-12-22(13-10-20)21-7-5-4-6-8-21/h4-16,18-19H,2-3,17H2,1H3/b16-11+. The van der Waals surface area contributed by atoms with Gasteiger partial charge in [-0.25, -0.2) is 4.98 Å². The van der Waals surface area contributed by atoms with Gasteiger partial charge in [0, 0.05) is 23.3 Å². The van der Waals surface area contributed by atoms with Crippen LogP contribution in [0.2, 0.25) is 10.0 Å². The molecule has 1 aromatic heterocycles. The van der Waals surface area contributed by atoms with Crippen LogP contribution in [-0.2, 0) is 6.54 Å². The van der Waals surface area contributed by atoms with E-state index in [1.54, 1.807) is 6.07 Å². The highest BCUT2D eigenvalue weighted by Crippen LogP contribution is 2.30. The monoisotopic (exact) mass is 446 g/mol. The van der Waals surface area contributed by atoms with Gasteiger partial charge in [0.25, 0.3) is 0 Å². The van der Waals surface area contributed by atoms with E-state index >= 15 is 0 Å². The van der Waals surface area contributed by atoms with E-state index in [9.17, 15) is 0 Å². The van der Waals surface area contributed by atoms with Crippen LogP contribution in [0.5, 0.6) is 0 Å². The van der Waals surface area contributed by atoms with E-state index < -0.39 is 0 Å². The van der Waals surface area contributed by atoms with E-state index in [1.165, 1.54) is 11.1 Å². The second-order valence-corrected chi connectivity index (χ2v) is 8.32. The van der Waals surface area contributed by atoms with Gasteiger partial charge in [-0.15, -0.1) is 0 Å². The van der Waals surface area contributed by atoms with Crippen molar-refractivity contribution in [2.75, 3.05) is 0 Å². The van der Waals surface area contributed by atoms with E-state index in [0.29, 0.717) is 10.0 Å². The Labute approximate surface area is 193 Å². The van der Waals surface area contributed by atoms with Crippen molar-refractivity contribution in [2.24, 2.45) is 0 Å². The smallest absolute Gasteiger partial charge is 0.133 e. The summed E-state index contributed by atoms with van der Waals surface area (Å²) in [6.07, 6.45) is 8.46. The van der Waals surface area contributed by atoms with Crippen molar-refractivity contribution in [3.63, 3.8) is 0 Å². The van der Waals surface area contributed by atoms with Gasteiger partial charge in [0.05, 0.1) is 10.7 Å². The van der Waals surface area contributed by atoms with Gasteiger partial charge in [0.2, 0.25) is 0 Å². The molecule has 4 rings (SSSR count). The van der Waals surface area contributed by atoms with Crippen LogP contribution in [0.4, 0.5) is 0 Å². The van der Waals surface area contributed by atoms with Crippen LogP contribution < -0.4 is 0 Å². The second-order valence-electron chi connectivity index (χ2n) is 7.48. The largest absolute Gasteiger partial charge is 0.331 e. The van der Waals surface area contributed by atoms with Crippen molar-refractivity contribution in [3.8, 4) is 22.4 Å². The summed E-state index contributed by atoms with van der Waals surface area (Å²) >= 11 is 12.5. The number of benzene rings is 3. The number of hydrogen-bond acceptors (Lipinski definition) is 1. The highest BCUT2D eigenvalue weighted by molar-refractivity contribution is 6.36. The van der Waals surface area contributed by atoms with Gasteiger partial charge in [0.15, 0.2) is 0 Å². The molecular weight excluding hydrogens is 423 g/mol. The first-order valence-electron chi connectivity index (χ1n) is 10.5. The Bertz CT molecular complexity index is 1180. The summed E-state index contributed by atoms with van der Waals surface area (Å²) in [5.41, 5.74) is 5.32. The van der Waals surface area contributed by atoms with Crippen molar-refractivity contribution in [3.05, 3.63) is 100 Å². The summed E-state index contributed by atoms with van der Waals surface area (Å²) in [6, 6.07) is 24.5. The molecule has 1 heterocycles. The number of imidazole rings is 1. The number of rotatable bonds is 7. The van der Waals surface area contributed by atoms with Gasteiger partial charge in [-0.2, -0.15) is 0 Å². The SMILES string of the molecule is CCCCn1cc(-c2ccc(Cl)cc2Cl)nc1/C=C/c1ccc(-c2ccccc2)cc1. The summed E-state index contributed by atoms with van der Waals surface area (Å²) in [4.78, 5) is 4.85. The number of nitrogens with zero attached hydrogens (tertiary/aromatic N) is 2. The van der Waals surface area contributed by atoms with Crippen LogP contribution in [0.1, 0.15) is 31.2 Å². The molecule has 0 saturated carbocycles. The molecule has 0 radical (unpaired) electrons. The molecule has 0 N–H and O–H groups in total. The fourth-order valence-corrected chi connectivity index (χ4v) is 3.99. The van der Waals surface area contributed by atoms with Crippen molar-refractivity contribution < 1.29 is 0 Å². The number of hydrogen-bond donors (Lipinski definition) is 0. The summed E-state index contributed by atoms with van der Waals surface area (Å²) < 4.78 is 2.19. The highest BCUT2D eigenvalue weighted by Gasteiger charge is 2.11. The maximum atomic E-state index is 6.42. The Morgan fingerprint density at radius 1 is 0.871 bits per heavy atom. The first kappa shape index (κ1) is 21.4. The van der Waals surface area contributed by atoms with Crippen LogP contribution >= 0.6 is 23.2 Å². The van der Waals surface area contributed by atoms with E-state index in [1.807, 2.05) is 18.2 Å². The maximum absolute atomic E-state index is 6.42. The van der Waals surface area contributed by atoms with E-state index in [4.69, 9.17) is 28.2 Å². The first-order chi connectivity index (χ1) is 15.1. The third-order valence-corrected chi connectivity index (χ3v) is 5.76. The van der Waals surface area contributed by atoms with Gasteiger partial charge >= 0.3 is 0 Å². The Kier molecular flexibility index (Phi) is 6.91. The fourth-order valence-electron chi connectivity index (χ4n) is 3.49. The lowest BCUT2D eigenvalue weighted by Crippen LogP contribution is -1.98. The van der Waals surface area contributed by atoms with Crippen LogP contribution in [-0.4, -0.2) is 9.55 Å². The minimum absolute atomic E-state index is 0.611. The number of unbranched alkanes of at least 4 members (excludes halogenated alkanes) is 1. The average Bonchev–Trinajstić information content (AvgIpc) is 3.20. The molecule has 31 heavy (non-hydrogen) atoms. The predicted octanol–water partition coefficient (Wildman–Crippen LogP) is 8.49. The second kappa shape index (κ2) is 10.00. The van der Waals surface area contributed by atoms with Crippen LogP contribution in [0, 0.1) is 0 Å². The molecule has 0 aliphatic carbocycles. The van der Waals surface area contributed by atoms with Crippen molar-refractivity contribution >= 4 is 35.4 Å². The number of aromatic nitrogens is 2. The fraction of sp³-hybridized carbons (Fsp3) is 0.148. The highest BCUT2D eigenvalue weighted by atomic mass is 35.5. The summed E-state index contributed by atoms with van der Waals surface area (Å²) in [5.74, 6) is 0.918. The molecule has 4 heteroatoms. The molecule has 0 atom stereocenters. The lowest BCUT2D eigenvalue weighted by atomic mass is 10.0. The van der Waals surface area contributed by atoms with E-state index in [0.717, 1.165) is 42.0 Å². The predicted molar refractivity (Wildman–Crippen MR) is 133 cm³/mol. The molecule has 2 nitrogen and oxygen atoms in total.